The van der Waals surface area contributed by atoms with Gasteiger partial charge in [0.25, 0.3) is 5.91 Å². The Hall–Kier alpha value is -2.53. The SMILES string of the molecule is C[C@H](NC(=O)c1cscn1)c1ccc(-c2ccncc2)cc1. The zero-order valence-electron chi connectivity index (χ0n) is 12.1. The van der Waals surface area contributed by atoms with E-state index < -0.39 is 0 Å². The number of nitrogens with one attached hydrogen (secondary N) is 1. The van der Waals surface area contributed by atoms with Crippen molar-refractivity contribution in [2.24, 2.45) is 0 Å². The number of hydrogen-bond acceptors (Lipinski definition) is 4. The number of benzene rings is 1. The predicted molar refractivity (Wildman–Crippen MR) is 87.7 cm³/mol. The molecule has 5 heteroatoms. The van der Waals surface area contributed by atoms with Crippen LogP contribution in [-0.4, -0.2) is 15.9 Å². The lowest BCUT2D eigenvalue weighted by Crippen LogP contribution is -2.26. The number of aromatic nitrogens is 2. The first-order valence-corrected chi connectivity index (χ1v) is 7.88. The summed E-state index contributed by atoms with van der Waals surface area (Å²) < 4.78 is 0. The van der Waals surface area contributed by atoms with Crippen molar-refractivity contribution < 1.29 is 4.79 Å². The van der Waals surface area contributed by atoms with Crippen LogP contribution in [0.25, 0.3) is 11.1 Å². The standard InChI is InChI=1S/C17H15N3OS/c1-12(20-17(21)16-10-22-11-19-16)13-2-4-14(5-3-13)15-6-8-18-9-7-15/h2-12H,1H3,(H,20,21)/t12-/m0/s1. The molecule has 0 saturated carbocycles. The number of thiazole rings is 1. The molecule has 110 valence electrons. The minimum Gasteiger partial charge on any atom is -0.344 e. The van der Waals surface area contributed by atoms with E-state index in [0.717, 1.165) is 16.7 Å². The molecule has 0 radical (unpaired) electrons. The summed E-state index contributed by atoms with van der Waals surface area (Å²) in [5.74, 6) is -0.146. The van der Waals surface area contributed by atoms with Crippen molar-refractivity contribution in [2.75, 3.05) is 0 Å². The number of pyridine rings is 1. The van der Waals surface area contributed by atoms with Crippen LogP contribution in [0.2, 0.25) is 0 Å². The number of carbonyl (C=O) groups excluding carboxylic acids is 1. The minimum atomic E-state index is -0.146. The average Bonchev–Trinajstić information content (AvgIpc) is 3.10. The second-order valence-corrected chi connectivity index (χ2v) is 5.65. The minimum absolute atomic E-state index is 0.0688. The van der Waals surface area contributed by atoms with Crippen molar-refractivity contribution in [3.05, 3.63) is 70.9 Å². The van der Waals surface area contributed by atoms with Crippen molar-refractivity contribution in [3.8, 4) is 11.1 Å². The van der Waals surface area contributed by atoms with Crippen LogP contribution >= 0.6 is 11.3 Å². The van der Waals surface area contributed by atoms with Gasteiger partial charge in [-0.1, -0.05) is 24.3 Å². The lowest BCUT2D eigenvalue weighted by molar-refractivity contribution is 0.0935. The first-order chi connectivity index (χ1) is 10.7. The molecule has 3 aromatic rings. The Labute approximate surface area is 132 Å². The number of hydrogen-bond donors (Lipinski definition) is 1. The second kappa shape index (κ2) is 6.49. The summed E-state index contributed by atoms with van der Waals surface area (Å²) in [6.07, 6.45) is 3.56. The molecule has 1 amide bonds. The van der Waals surface area contributed by atoms with Gasteiger partial charge in [0, 0.05) is 17.8 Å². The number of nitrogens with zero attached hydrogens (tertiary/aromatic N) is 2. The third-order valence-corrected chi connectivity index (χ3v) is 4.02. The van der Waals surface area contributed by atoms with Gasteiger partial charge in [0.15, 0.2) is 0 Å². The summed E-state index contributed by atoms with van der Waals surface area (Å²) >= 11 is 1.41. The van der Waals surface area contributed by atoms with Gasteiger partial charge in [0.1, 0.15) is 5.69 Å². The maximum Gasteiger partial charge on any atom is 0.271 e. The van der Waals surface area contributed by atoms with Crippen LogP contribution in [0.4, 0.5) is 0 Å². The van der Waals surface area contributed by atoms with Gasteiger partial charge in [-0.3, -0.25) is 9.78 Å². The Bertz CT molecular complexity index is 739. The zero-order chi connectivity index (χ0) is 15.4. The molecule has 1 aromatic carbocycles. The summed E-state index contributed by atoms with van der Waals surface area (Å²) in [5, 5.41) is 4.70. The van der Waals surface area contributed by atoms with E-state index in [-0.39, 0.29) is 11.9 Å². The van der Waals surface area contributed by atoms with E-state index in [1.54, 1.807) is 23.3 Å². The molecule has 3 rings (SSSR count). The lowest BCUT2D eigenvalue weighted by atomic mass is 10.0. The first-order valence-electron chi connectivity index (χ1n) is 6.93. The molecule has 2 aromatic heterocycles. The molecule has 0 aliphatic carbocycles. The fraction of sp³-hybridized carbons (Fsp3) is 0.118. The summed E-state index contributed by atoms with van der Waals surface area (Å²) in [6, 6.07) is 12.0. The predicted octanol–water partition coefficient (Wildman–Crippen LogP) is 3.70. The van der Waals surface area contributed by atoms with Crippen molar-refractivity contribution in [1.82, 2.24) is 15.3 Å². The molecule has 0 aliphatic rings. The van der Waals surface area contributed by atoms with Crippen LogP contribution in [-0.2, 0) is 0 Å². The molecule has 0 unspecified atom stereocenters. The molecule has 22 heavy (non-hydrogen) atoms. The van der Waals surface area contributed by atoms with E-state index in [4.69, 9.17) is 0 Å². The highest BCUT2D eigenvalue weighted by Crippen LogP contribution is 2.21. The van der Waals surface area contributed by atoms with E-state index in [9.17, 15) is 4.79 Å². The van der Waals surface area contributed by atoms with Crippen molar-refractivity contribution >= 4 is 17.2 Å². The Morgan fingerprint density at radius 3 is 2.41 bits per heavy atom. The van der Waals surface area contributed by atoms with Gasteiger partial charge in [-0.15, -0.1) is 11.3 Å². The van der Waals surface area contributed by atoms with E-state index >= 15 is 0 Å². The summed E-state index contributed by atoms with van der Waals surface area (Å²) in [5.41, 5.74) is 5.43. The maximum atomic E-state index is 12.0. The first kappa shape index (κ1) is 14.4. The van der Waals surface area contributed by atoms with Crippen molar-refractivity contribution in [3.63, 3.8) is 0 Å². The quantitative estimate of drug-likeness (QED) is 0.799. The lowest BCUT2D eigenvalue weighted by Gasteiger charge is -2.14. The topological polar surface area (TPSA) is 54.9 Å². The molecule has 1 N–H and O–H groups in total. The van der Waals surface area contributed by atoms with Crippen LogP contribution in [0, 0.1) is 0 Å². The normalized spacial score (nSPS) is 11.9. The zero-order valence-corrected chi connectivity index (χ0v) is 12.9. The molecule has 0 fully saturated rings. The molecule has 0 spiro atoms. The van der Waals surface area contributed by atoms with Crippen molar-refractivity contribution in [1.29, 1.82) is 0 Å². The van der Waals surface area contributed by atoms with Gasteiger partial charge in [0.05, 0.1) is 11.6 Å². The monoisotopic (exact) mass is 309 g/mol. The third-order valence-electron chi connectivity index (χ3n) is 3.44. The van der Waals surface area contributed by atoms with Gasteiger partial charge in [-0.25, -0.2) is 4.98 Å². The fourth-order valence-electron chi connectivity index (χ4n) is 2.19. The smallest absolute Gasteiger partial charge is 0.271 e. The van der Waals surface area contributed by atoms with E-state index in [2.05, 4.69) is 27.4 Å². The van der Waals surface area contributed by atoms with Gasteiger partial charge >= 0.3 is 0 Å². The van der Waals surface area contributed by atoms with Crippen LogP contribution in [0.5, 0.6) is 0 Å². The number of amides is 1. The molecule has 1 atom stereocenters. The van der Waals surface area contributed by atoms with Crippen LogP contribution in [0.3, 0.4) is 0 Å². The molecule has 0 bridgehead atoms. The van der Waals surface area contributed by atoms with Gasteiger partial charge in [-0.05, 0) is 35.7 Å². The summed E-state index contributed by atoms with van der Waals surface area (Å²) in [7, 11) is 0. The summed E-state index contributed by atoms with van der Waals surface area (Å²) in [6.45, 7) is 1.96. The van der Waals surface area contributed by atoms with Gasteiger partial charge in [-0.2, -0.15) is 0 Å². The van der Waals surface area contributed by atoms with E-state index in [1.807, 2.05) is 31.2 Å². The van der Waals surface area contributed by atoms with Crippen molar-refractivity contribution in [2.45, 2.75) is 13.0 Å². The maximum absolute atomic E-state index is 12.0. The molecule has 4 nitrogen and oxygen atoms in total. The Kier molecular flexibility index (Phi) is 4.25. The average molecular weight is 309 g/mol. The molecule has 2 heterocycles. The Morgan fingerprint density at radius 1 is 1.09 bits per heavy atom. The molecule has 0 saturated heterocycles. The largest absolute Gasteiger partial charge is 0.344 e. The van der Waals surface area contributed by atoms with Crippen LogP contribution < -0.4 is 5.32 Å². The highest BCUT2D eigenvalue weighted by molar-refractivity contribution is 7.07. The van der Waals surface area contributed by atoms with E-state index in [1.165, 1.54) is 11.3 Å². The molecular weight excluding hydrogens is 294 g/mol. The van der Waals surface area contributed by atoms with Gasteiger partial charge in [0.2, 0.25) is 0 Å². The van der Waals surface area contributed by atoms with E-state index in [0.29, 0.717) is 5.69 Å². The molecule has 0 aliphatic heterocycles. The van der Waals surface area contributed by atoms with Crippen LogP contribution in [0.15, 0.2) is 59.7 Å². The third kappa shape index (κ3) is 3.20. The second-order valence-electron chi connectivity index (χ2n) is 4.93. The number of carbonyl (C=O) groups is 1. The Balaban J connectivity index is 1.71. The molecular formula is C17H15N3OS. The highest BCUT2D eigenvalue weighted by Gasteiger charge is 2.12. The number of rotatable bonds is 4. The van der Waals surface area contributed by atoms with Crippen LogP contribution in [0.1, 0.15) is 29.0 Å². The fourth-order valence-corrected chi connectivity index (χ4v) is 2.72. The Morgan fingerprint density at radius 2 is 1.77 bits per heavy atom. The van der Waals surface area contributed by atoms with Gasteiger partial charge < -0.3 is 5.32 Å². The summed E-state index contributed by atoms with van der Waals surface area (Å²) in [4.78, 5) is 20.0. The highest BCUT2D eigenvalue weighted by atomic mass is 32.1.